The molecule has 0 aliphatic carbocycles. The predicted octanol–water partition coefficient (Wildman–Crippen LogP) is 9.88. The van der Waals surface area contributed by atoms with Crippen LogP contribution in [0.15, 0.2) is 146 Å². The van der Waals surface area contributed by atoms with Gasteiger partial charge in [-0.2, -0.15) is 0 Å². The Morgan fingerprint density at radius 2 is 0.361 bits per heavy atom. The summed E-state index contributed by atoms with van der Waals surface area (Å²) < 4.78 is 0. The minimum absolute atomic E-state index is 1.21. The molecule has 0 spiro atoms. The van der Waals surface area contributed by atoms with Crippen LogP contribution in [0.3, 0.4) is 0 Å². The van der Waals surface area contributed by atoms with E-state index in [1.165, 1.54) is 33.4 Å². The molecule has 0 aliphatic heterocycles. The topological polar surface area (TPSA) is 0 Å². The van der Waals surface area contributed by atoms with Gasteiger partial charge in [0.1, 0.15) is 0 Å². The summed E-state index contributed by atoms with van der Waals surface area (Å²) >= 11 is 0. The van der Waals surface area contributed by atoms with Gasteiger partial charge in [-0.15, -0.1) is 0 Å². The number of hydrogen-bond acceptors (Lipinski definition) is 0. The van der Waals surface area contributed by atoms with Crippen molar-refractivity contribution >= 4 is 36.5 Å². The minimum Gasteiger partial charge on any atom is -0.0622 e. The fourth-order valence-electron chi connectivity index (χ4n) is 3.55. The lowest BCUT2D eigenvalue weighted by atomic mass is 10.1. The van der Waals surface area contributed by atoms with Crippen LogP contribution in [0, 0.1) is 0 Å². The quantitative estimate of drug-likeness (QED) is 0.220. The van der Waals surface area contributed by atoms with Crippen LogP contribution in [0.2, 0.25) is 0 Å². The molecule has 36 heavy (non-hydrogen) atoms. The molecule has 0 aliphatic rings. The Labute approximate surface area is 215 Å². The zero-order valence-corrected chi connectivity index (χ0v) is 20.3. The molecule has 0 saturated carbocycles. The first-order valence-electron chi connectivity index (χ1n) is 12.2. The van der Waals surface area contributed by atoms with Crippen LogP contribution in [0.5, 0.6) is 0 Å². The summed E-state index contributed by atoms with van der Waals surface area (Å²) in [5.41, 5.74) is 7.32. The van der Waals surface area contributed by atoms with E-state index in [2.05, 4.69) is 134 Å². The van der Waals surface area contributed by atoms with Crippen molar-refractivity contribution in [1.29, 1.82) is 0 Å². The molecular formula is C36H30. The van der Waals surface area contributed by atoms with E-state index < -0.39 is 0 Å². The summed E-state index contributed by atoms with van der Waals surface area (Å²) in [6.45, 7) is 0. The summed E-state index contributed by atoms with van der Waals surface area (Å²) in [5, 5.41) is 0. The maximum atomic E-state index is 2.14. The molecule has 0 heterocycles. The molecule has 0 bridgehead atoms. The fourth-order valence-corrected chi connectivity index (χ4v) is 3.55. The number of hydrogen-bond donors (Lipinski definition) is 0. The highest BCUT2D eigenvalue weighted by Crippen LogP contribution is 2.12. The highest BCUT2D eigenvalue weighted by molar-refractivity contribution is 5.73. The SMILES string of the molecule is C(=Cc1ccc(C=Cc2ccccc2)cc1)c1ccccc1.C(=Cc1ccccc1)c1ccccc1. The van der Waals surface area contributed by atoms with Crippen LogP contribution >= 0.6 is 0 Å². The highest BCUT2D eigenvalue weighted by Gasteiger charge is 1.90. The Bertz CT molecular complexity index is 1250. The van der Waals surface area contributed by atoms with E-state index in [4.69, 9.17) is 0 Å². The lowest BCUT2D eigenvalue weighted by molar-refractivity contribution is 1.61. The lowest BCUT2D eigenvalue weighted by Crippen LogP contribution is -1.75. The van der Waals surface area contributed by atoms with E-state index in [-0.39, 0.29) is 0 Å². The van der Waals surface area contributed by atoms with Gasteiger partial charge in [0.15, 0.2) is 0 Å². The second-order valence-electron chi connectivity index (χ2n) is 8.31. The van der Waals surface area contributed by atoms with Crippen molar-refractivity contribution in [3.8, 4) is 0 Å². The lowest BCUT2D eigenvalue weighted by Gasteiger charge is -1.97. The number of rotatable bonds is 6. The van der Waals surface area contributed by atoms with Crippen LogP contribution in [0.1, 0.15) is 33.4 Å². The van der Waals surface area contributed by atoms with Gasteiger partial charge in [-0.3, -0.25) is 0 Å². The van der Waals surface area contributed by atoms with E-state index in [0.717, 1.165) is 0 Å². The van der Waals surface area contributed by atoms with E-state index in [1.54, 1.807) is 0 Å². The maximum absolute atomic E-state index is 2.14. The predicted molar refractivity (Wildman–Crippen MR) is 159 cm³/mol. The van der Waals surface area contributed by atoms with Crippen molar-refractivity contribution in [3.63, 3.8) is 0 Å². The average molecular weight is 463 g/mol. The summed E-state index contributed by atoms with van der Waals surface area (Å²) in [5.74, 6) is 0. The Morgan fingerprint density at radius 3 is 0.556 bits per heavy atom. The molecule has 0 fully saturated rings. The molecule has 0 radical (unpaired) electrons. The standard InChI is InChI=1S/C22H18.C14H12/c1-3-7-19(8-4-1)11-13-21-15-17-22(18-16-21)14-12-20-9-5-2-6-10-20;1-3-7-13(8-4-1)11-12-14-9-5-2-6-10-14/h1-18H;1-12H. The molecule has 0 aromatic heterocycles. The van der Waals surface area contributed by atoms with Crippen molar-refractivity contribution in [3.05, 3.63) is 179 Å². The zero-order valence-electron chi connectivity index (χ0n) is 20.3. The molecule has 5 aromatic rings. The largest absolute Gasteiger partial charge is 0.0622 e. The molecule has 174 valence electrons. The van der Waals surface area contributed by atoms with Gasteiger partial charge in [0.2, 0.25) is 0 Å². The summed E-state index contributed by atoms with van der Waals surface area (Å²) in [6.07, 6.45) is 12.8. The first-order chi connectivity index (χ1) is 17.8. The monoisotopic (exact) mass is 462 g/mol. The zero-order chi connectivity index (χ0) is 24.7. The van der Waals surface area contributed by atoms with Crippen molar-refractivity contribution in [2.24, 2.45) is 0 Å². The molecule has 0 N–H and O–H groups in total. The number of benzene rings is 5. The first kappa shape index (κ1) is 24.4. The van der Waals surface area contributed by atoms with Gasteiger partial charge in [0.05, 0.1) is 0 Å². The second kappa shape index (κ2) is 13.9. The van der Waals surface area contributed by atoms with Crippen LogP contribution in [0.4, 0.5) is 0 Å². The molecule has 0 unspecified atom stereocenters. The van der Waals surface area contributed by atoms with Crippen LogP contribution in [-0.2, 0) is 0 Å². The highest BCUT2D eigenvalue weighted by atomic mass is 14.0. The average Bonchev–Trinajstić information content (AvgIpc) is 2.97. The first-order valence-corrected chi connectivity index (χ1v) is 12.2. The van der Waals surface area contributed by atoms with E-state index in [0.29, 0.717) is 0 Å². The Balaban J connectivity index is 0.000000187. The molecule has 0 heteroatoms. The van der Waals surface area contributed by atoms with Gasteiger partial charge >= 0.3 is 0 Å². The smallest absolute Gasteiger partial charge is 0.0256 e. The van der Waals surface area contributed by atoms with Crippen LogP contribution < -0.4 is 0 Å². The van der Waals surface area contributed by atoms with Gasteiger partial charge in [0, 0.05) is 0 Å². The van der Waals surface area contributed by atoms with Gasteiger partial charge < -0.3 is 0 Å². The molecule has 0 atom stereocenters. The molecule has 5 aromatic carbocycles. The fraction of sp³-hybridized carbons (Fsp3) is 0. The molecular weight excluding hydrogens is 432 g/mol. The molecule has 0 saturated heterocycles. The van der Waals surface area contributed by atoms with Crippen molar-refractivity contribution in [1.82, 2.24) is 0 Å². The normalized spacial score (nSPS) is 11.0. The van der Waals surface area contributed by atoms with Crippen molar-refractivity contribution in [2.45, 2.75) is 0 Å². The Hall–Kier alpha value is -4.68. The van der Waals surface area contributed by atoms with Gasteiger partial charge in [-0.25, -0.2) is 0 Å². The minimum atomic E-state index is 1.21. The molecule has 0 amide bonds. The van der Waals surface area contributed by atoms with Gasteiger partial charge in [-0.05, 0) is 33.4 Å². The van der Waals surface area contributed by atoms with Gasteiger partial charge in [0.25, 0.3) is 0 Å². The molecule has 0 nitrogen and oxygen atoms in total. The second-order valence-corrected chi connectivity index (χ2v) is 8.31. The van der Waals surface area contributed by atoms with Crippen molar-refractivity contribution in [2.75, 3.05) is 0 Å². The summed E-state index contributed by atoms with van der Waals surface area (Å²) in [7, 11) is 0. The van der Waals surface area contributed by atoms with E-state index in [1.807, 2.05) is 48.5 Å². The van der Waals surface area contributed by atoms with Crippen LogP contribution in [-0.4, -0.2) is 0 Å². The Morgan fingerprint density at radius 1 is 0.194 bits per heavy atom. The summed E-state index contributed by atoms with van der Waals surface area (Å²) in [4.78, 5) is 0. The van der Waals surface area contributed by atoms with Crippen LogP contribution in [0.25, 0.3) is 36.5 Å². The van der Waals surface area contributed by atoms with Crippen molar-refractivity contribution < 1.29 is 0 Å². The maximum Gasteiger partial charge on any atom is -0.0256 e. The Kier molecular flexibility index (Phi) is 9.43. The van der Waals surface area contributed by atoms with Gasteiger partial charge in [-0.1, -0.05) is 182 Å². The van der Waals surface area contributed by atoms with E-state index >= 15 is 0 Å². The third kappa shape index (κ3) is 8.59. The molecule has 5 rings (SSSR count). The third-order valence-electron chi connectivity index (χ3n) is 5.54. The summed E-state index contributed by atoms with van der Waals surface area (Å²) in [6, 6.07) is 49.9. The third-order valence-corrected chi connectivity index (χ3v) is 5.54. The van der Waals surface area contributed by atoms with E-state index in [9.17, 15) is 0 Å².